The smallest absolute Gasteiger partial charge is 0.307 e. The van der Waals surface area contributed by atoms with Crippen molar-refractivity contribution in [2.45, 2.75) is 19.3 Å². The van der Waals surface area contributed by atoms with Crippen LogP contribution in [0.2, 0.25) is 0 Å². The SMILES string of the molecule is O=C(O)Cc1cc(Br)c(O)c(C(=O)CCc2ccccc2)c1. The average molecular weight is 363 g/mol. The lowest BCUT2D eigenvalue weighted by Crippen LogP contribution is -2.05. The molecular formula is C17H15BrO4. The molecule has 0 aliphatic carbocycles. The highest BCUT2D eigenvalue weighted by Gasteiger charge is 2.16. The molecule has 0 heterocycles. The fourth-order valence-electron chi connectivity index (χ4n) is 2.18. The van der Waals surface area contributed by atoms with Crippen LogP contribution in [0.4, 0.5) is 0 Å². The summed E-state index contributed by atoms with van der Waals surface area (Å²) in [6.07, 6.45) is 0.623. The number of benzene rings is 2. The number of carbonyl (C=O) groups excluding carboxylic acids is 1. The molecule has 2 N–H and O–H groups in total. The summed E-state index contributed by atoms with van der Waals surface area (Å²) in [7, 11) is 0. The molecule has 0 bridgehead atoms. The fraction of sp³-hybridized carbons (Fsp3) is 0.176. The van der Waals surface area contributed by atoms with Crippen LogP contribution in [0.5, 0.6) is 5.75 Å². The number of phenols is 1. The van der Waals surface area contributed by atoms with Gasteiger partial charge in [-0.15, -0.1) is 0 Å². The maximum Gasteiger partial charge on any atom is 0.307 e. The van der Waals surface area contributed by atoms with Crippen LogP contribution in [0.25, 0.3) is 0 Å². The fourth-order valence-corrected chi connectivity index (χ4v) is 2.69. The molecule has 0 aliphatic heterocycles. The Hall–Kier alpha value is -2.14. The maximum atomic E-state index is 12.3. The molecule has 0 amide bonds. The van der Waals surface area contributed by atoms with Gasteiger partial charge in [-0.3, -0.25) is 9.59 Å². The van der Waals surface area contributed by atoms with Crippen LogP contribution in [0.15, 0.2) is 46.9 Å². The molecule has 114 valence electrons. The van der Waals surface area contributed by atoms with Crippen LogP contribution in [-0.2, 0) is 17.6 Å². The first kappa shape index (κ1) is 16.2. The number of rotatable bonds is 6. The predicted octanol–water partition coefficient (Wildman–Crippen LogP) is 3.60. The third kappa shape index (κ3) is 4.18. The van der Waals surface area contributed by atoms with Crippen molar-refractivity contribution in [3.05, 3.63) is 63.6 Å². The zero-order chi connectivity index (χ0) is 16.1. The maximum absolute atomic E-state index is 12.3. The Morgan fingerprint density at radius 3 is 2.36 bits per heavy atom. The van der Waals surface area contributed by atoms with Crippen molar-refractivity contribution in [2.24, 2.45) is 0 Å². The first-order valence-corrected chi connectivity index (χ1v) is 7.57. The highest BCUT2D eigenvalue weighted by Crippen LogP contribution is 2.31. The Kier molecular flexibility index (Phi) is 5.33. The molecule has 2 rings (SSSR count). The molecule has 22 heavy (non-hydrogen) atoms. The van der Waals surface area contributed by atoms with Crippen LogP contribution in [0.3, 0.4) is 0 Å². The van der Waals surface area contributed by atoms with E-state index in [0.717, 1.165) is 5.56 Å². The van der Waals surface area contributed by atoms with Crippen molar-refractivity contribution in [3.8, 4) is 5.75 Å². The van der Waals surface area contributed by atoms with Crippen molar-refractivity contribution in [1.82, 2.24) is 0 Å². The Labute approximate surface area is 136 Å². The number of aliphatic carboxylic acids is 1. The molecule has 0 radical (unpaired) electrons. The molecule has 4 nitrogen and oxygen atoms in total. The number of ketones is 1. The Bertz CT molecular complexity index is 695. The number of hydrogen-bond acceptors (Lipinski definition) is 3. The van der Waals surface area contributed by atoms with Crippen molar-refractivity contribution in [2.75, 3.05) is 0 Å². The normalized spacial score (nSPS) is 10.4. The lowest BCUT2D eigenvalue weighted by molar-refractivity contribution is -0.136. The van der Waals surface area contributed by atoms with Gasteiger partial charge in [0.15, 0.2) is 5.78 Å². The minimum absolute atomic E-state index is 0.146. The Balaban J connectivity index is 2.17. The summed E-state index contributed by atoms with van der Waals surface area (Å²) < 4.78 is 0.328. The van der Waals surface area contributed by atoms with Gasteiger partial charge in [-0.25, -0.2) is 0 Å². The van der Waals surface area contributed by atoms with Gasteiger partial charge in [0, 0.05) is 6.42 Å². The van der Waals surface area contributed by atoms with Gasteiger partial charge < -0.3 is 10.2 Å². The van der Waals surface area contributed by atoms with Gasteiger partial charge in [-0.2, -0.15) is 0 Å². The lowest BCUT2D eigenvalue weighted by Gasteiger charge is -2.08. The van der Waals surface area contributed by atoms with Crippen molar-refractivity contribution in [1.29, 1.82) is 0 Å². The van der Waals surface area contributed by atoms with E-state index < -0.39 is 5.97 Å². The van der Waals surface area contributed by atoms with E-state index in [4.69, 9.17) is 5.11 Å². The second-order valence-electron chi connectivity index (χ2n) is 4.95. The number of carbonyl (C=O) groups is 2. The molecular weight excluding hydrogens is 348 g/mol. The number of Topliss-reactive ketones (excluding diaryl/α,β-unsaturated/α-hetero) is 1. The van der Waals surface area contributed by atoms with Gasteiger partial charge in [0.2, 0.25) is 0 Å². The Morgan fingerprint density at radius 2 is 1.73 bits per heavy atom. The topological polar surface area (TPSA) is 74.6 Å². The van der Waals surface area contributed by atoms with E-state index in [1.54, 1.807) is 0 Å². The second kappa shape index (κ2) is 7.22. The summed E-state index contributed by atoms with van der Waals surface area (Å²) >= 11 is 3.16. The van der Waals surface area contributed by atoms with E-state index >= 15 is 0 Å². The molecule has 0 aliphatic rings. The number of aryl methyl sites for hydroxylation is 1. The van der Waals surface area contributed by atoms with Crippen molar-refractivity contribution >= 4 is 27.7 Å². The van der Waals surface area contributed by atoms with E-state index in [2.05, 4.69) is 15.9 Å². The molecule has 0 unspecified atom stereocenters. The predicted molar refractivity (Wildman–Crippen MR) is 86.2 cm³/mol. The van der Waals surface area contributed by atoms with E-state index in [1.807, 2.05) is 30.3 Å². The van der Waals surface area contributed by atoms with E-state index in [-0.39, 0.29) is 29.9 Å². The van der Waals surface area contributed by atoms with Gasteiger partial charge in [0.05, 0.1) is 16.5 Å². The first-order chi connectivity index (χ1) is 10.5. The van der Waals surface area contributed by atoms with E-state index in [1.165, 1.54) is 12.1 Å². The van der Waals surface area contributed by atoms with Crippen LogP contribution in [0, 0.1) is 0 Å². The van der Waals surface area contributed by atoms with Gasteiger partial charge in [-0.1, -0.05) is 30.3 Å². The van der Waals surface area contributed by atoms with Gasteiger partial charge in [0.25, 0.3) is 0 Å². The van der Waals surface area contributed by atoms with Crippen LogP contribution in [0.1, 0.15) is 27.9 Å². The van der Waals surface area contributed by atoms with E-state index in [0.29, 0.717) is 16.5 Å². The molecule has 0 saturated carbocycles. The molecule has 0 fully saturated rings. The highest BCUT2D eigenvalue weighted by molar-refractivity contribution is 9.10. The number of carboxylic acid groups (broad SMARTS) is 1. The summed E-state index contributed by atoms with van der Waals surface area (Å²) in [6.45, 7) is 0. The van der Waals surface area contributed by atoms with Crippen molar-refractivity contribution in [3.63, 3.8) is 0 Å². The van der Waals surface area contributed by atoms with Crippen molar-refractivity contribution < 1.29 is 19.8 Å². The molecule has 0 saturated heterocycles. The van der Waals surface area contributed by atoms with Crippen LogP contribution in [-0.4, -0.2) is 22.0 Å². The van der Waals surface area contributed by atoms with Gasteiger partial charge in [-0.05, 0) is 45.6 Å². The first-order valence-electron chi connectivity index (χ1n) is 6.77. The summed E-state index contributed by atoms with van der Waals surface area (Å²) in [4.78, 5) is 23.1. The second-order valence-corrected chi connectivity index (χ2v) is 5.81. The van der Waals surface area contributed by atoms with Gasteiger partial charge >= 0.3 is 5.97 Å². The summed E-state index contributed by atoms with van der Waals surface area (Å²) in [6, 6.07) is 12.5. The molecule has 2 aromatic rings. The lowest BCUT2D eigenvalue weighted by atomic mass is 9.99. The van der Waals surface area contributed by atoms with E-state index in [9.17, 15) is 14.7 Å². The monoisotopic (exact) mass is 362 g/mol. The number of hydrogen-bond donors (Lipinski definition) is 2. The van der Waals surface area contributed by atoms with Gasteiger partial charge in [0.1, 0.15) is 5.75 Å². The number of carboxylic acids is 1. The van der Waals surface area contributed by atoms with Crippen LogP contribution >= 0.6 is 15.9 Å². The largest absolute Gasteiger partial charge is 0.506 e. The zero-order valence-corrected chi connectivity index (χ0v) is 13.3. The number of phenolic OH excluding ortho intramolecular Hbond substituents is 1. The highest BCUT2D eigenvalue weighted by atomic mass is 79.9. The summed E-state index contributed by atoms with van der Waals surface area (Å²) in [5.41, 5.74) is 1.66. The third-order valence-electron chi connectivity index (χ3n) is 3.26. The quantitative estimate of drug-likeness (QED) is 0.769. The minimum Gasteiger partial charge on any atom is -0.506 e. The number of aromatic hydroxyl groups is 1. The third-order valence-corrected chi connectivity index (χ3v) is 3.87. The molecule has 0 atom stereocenters. The average Bonchev–Trinajstić information content (AvgIpc) is 2.48. The summed E-state index contributed by atoms with van der Waals surface area (Å²) in [5.74, 6) is -1.35. The minimum atomic E-state index is -0.986. The zero-order valence-electron chi connectivity index (χ0n) is 11.8. The standard InChI is InChI=1S/C17H15BrO4/c18-14-9-12(10-16(20)21)8-13(17(14)22)15(19)7-6-11-4-2-1-3-5-11/h1-5,8-9,22H,6-7,10H2,(H,20,21). The van der Waals surface area contributed by atoms with Crippen LogP contribution < -0.4 is 0 Å². The molecule has 0 aromatic heterocycles. The summed E-state index contributed by atoms with van der Waals surface area (Å²) in [5, 5.41) is 18.9. The Morgan fingerprint density at radius 1 is 1.05 bits per heavy atom. The molecule has 2 aromatic carbocycles. The number of halogens is 1. The molecule has 5 heteroatoms. The molecule has 0 spiro atoms.